The highest BCUT2D eigenvalue weighted by atomic mass is 16.5. The lowest BCUT2D eigenvalue weighted by Crippen LogP contribution is -2.58. The molecule has 1 atom stereocenters. The Morgan fingerprint density at radius 3 is 2.40 bits per heavy atom. The lowest BCUT2D eigenvalue weighted by Gasteiger charge is -2.47. The second-order valence-corrected chi connectivity index (χ2v) is 11.0. The van der Waals surface area contributed by atoms with Gasteiger partial charge in [-0.1, -0.05) is 12.1 Å². The maximum absolute atomic E-state index is 13.0. The van der Waals surface area contributed by atoms with Gasteiger partial charge >= 0.3 is 0 Å². The first-order chi connectivity index (χ1) is 17.0. The molecule has 0 radical (unpaired) electrons. The zero-order valence-electron chi connectivity index (χ0n) is 20.3. The van der Waals surface area contributed by atoms with Gasteiger partial charge in [0.2, 0.25) is 11.8 Å². The number of amides is 3. The maximum Gasteiger partial charge on any atom is 0.255 e. The minimum Gasteiger partial charge on any atom is -0.372 e. The fraction of sp³-hybridized carbons (Fsp3) is 0.667. The van der Waals surface area contributed by atoms with Crippen molar-refractivity contribution in [3.05, 3.63) is 34.9 Å². The number of nitrogens with zero attached hydrogens (tertiary/aromatic N) is 2. The molecule has 1 aromatic rings. The van der Waals surface area contributed by atoms with Crippen molar-refractivity contribution in [1.29, 1.82) is 0 Å². The summed E-state index contributed by atoms with van der Waals surface area (Å²) in [6.45, 7) is 4.77. The summed E-state index contributed by atoms with van der Waals surface area (Å²) in [6, 6.07) is 6.37. The van der Waals surface area contributed by atoms with Gasteiger partial charge in [-0.3, -0.25) is 24.6 Å². The molecule has 3 saturated heterocycles. The molecule has 6 rings (SSSR count). The van der Waals surface area contributed by atoms with Gasteiger partial charge in [0.05, 0.1) is 12.2 Å². The van der Waals surface area contributed by atoms with E-state index < -0.39 is 6.04 Å². The Kier molecular flexibility index (Phi) is 6.37. The van der Waals surface area contributed by atoms with Gasteiger partial charge in [-0.05, 0) is 81.1 Å². The molecule has 1 aromatic carbocycles. The van der Waals surface area contributed by atoms with Gasteiger partial charge in [-0.2, -0.15) is 0 Å². The number of rotatable bonds is 5. The molecule has 2 N–H and O–H groups in total. The molecule has 0 spiro atoms. The van der Waals surface area contributed by atoms with Crippen molar-refractivity contribution in [2.75, 3.05) is 26.2 Å². The summed E-state index contributed by atoms with van der Waals surface area (Å²) in [7, 11) is 0. The number of likely N-dealkylation sites (tertiary alicyclic amines) is 1. The summed E-state index contributed by atoms with van der Waals surface area (Å²) in [5.41, 5.74) is 3.03. The van der Waals surface area contributed by atoms with Crippen LogP contribution in [0.5, 0.6) is 0 Å². The zero-order valence-corrected chi connectivity index (χ0v) is 20.3. The number of hydrogen-bond donors (Lipinski definition) is 2. The van der Waals surface area contributed by atoms with Crippen molar-refractivity contribution in [3.8, 4) is 0 Å². The average molecular weight is 481 g/mol. The molecular formula is C27H36N4O4. The van der Waals surface area contributed by atoms with E-state index in [0.29, 0.717) is 42.7 Å². The van der Waals surface area contributed by atoms with Gasteiger partial charge in [0, 0.05) is 37.7 Å². The monoisotopic (exact) mass is 480 g/mol. The Morgan fingerprint density at radius 1 is 0.886 bits per heavy atom. The van der Waals surface area contributed by atoms with E-state index in [1.165, 1.54) is 31.2 Å². The van der Waals surface area contributed by atoms with Gasteiger partial charge in [0.1, 0.15) is 6.04 Å². The molecule has 8 heteroatoms. The Balaban J connectivity index is 1.01. The molecule has 188 valence electrons. The fourth-order valence-corrected chi connectivity index (χ4v) is 6.68. The minimum atomic E-state index is -0.550. The molecular weight excluding hydrogens is 444 g/mol. The third-order valence-electron chi connectivity index (χ3n) is 8.78. The number of hydrogen-bond acceptors (Lipinski definition) is 6. The van der Waals surface area contributed by atoms with E-state index in [1.807, 2.05) is 6.07 Å². The van der Waals surface area contributed by atoms with Gasteiger partial charge in [-0.25, -0.2) is 0 Å². The number of fused-ring (bicyclic) bond motifs is 1. The number of imide groups is 1. The summed E-state index contributed by atoms with van der Waals surface area (Å²) in [4.78, 5) is 41.0. The second kappa shape index (κ2) is 9.64. The van der Waals surface area contributed by atoms with E-state index >= 15 is 0 Å². The van der Waals surface area contributed by atoms with Gasteiger partial charge in [0.15, 0.2) is 0 Å². The SMILES string of the molecule is O=C1CCC(N2Cc3cc([C@H]4CC[C@H](N5CC(OC6CCNCC6)C5)CC4)ccc3C2=O)C(=O)N1. The van der Waals surface area contributed by atoms with Crippen LogP contribution in [0, 0.1) is 0 Å². The van der Waals surface area contributed by atoms with Crippen molar-refractivity contribution in [2.24, 2.45) is 0 Å². The van der Waals surface area contributed by atoms with Crippen molar-refractivity contribution < 1.29 is 19.1 Å². The zero-order chi connectivity index (χ0) is 23.9. The van der Waals surface area contributed by atoms with Crippen LogP contribution in [0.25, 0.3) is 0 Å². The highest BCUT2D eigenvalue weighted by molar-refractivity contribution is 6.05. The number of benzene rings is 1. The molecule has 0 bridgehead atoms. The van der Waals surface area contributed by atoms with Crippen LogP contribution in [0.2, 0.25) is 0 Å². The predicted molar refractivity (Wildman–Crippen MR) is 130 cm³/mol. The lowest BCUT2D eigenvalue weighted by atomic mass is 9.80. The van der Waals surface area contributed by atoms with Crippen LogP contribution in [-0.4, -0.2) is 78.0 Å². The largest absolute Gasteiger partial charge is 0.372 e. The van der Waals surface area contributed by atoms with Crippen molar-refractivity contribution in [3.63, 3.8) is 0 Å². The molecule has 3 amide bonds. The predicted octanol–water partition coefficient (Wildman–Crippen LogP) is 1.93. The summed E-state index contributed by atoms with van der Waals surface area (Å²) in [6.07, 6.45) is 8.59. The summed E-state index contributed by atoms with van der Waals surface area (Å²) < 4.78 is 6.30. The molecule has 5 aliphatic rings. The number of piperidine rings is 2. The average Bonchev–Trinajstić information content (AvgIpc) is 3.17. The molecule has 0 aromatic heterocycles. The van der Waals surface area contributed by atoms with Gasteiger partial charge in [-0.15, -0.1) is 0 Å². The van der Waals surface area contributed by atoms with Crippen LogP contribution in [0.15, 0.2) is 18.2 Å². The van der Waals surface area contributed by atoms with Crippen LogP contribution < -0.4 is 10.6 Å². The molecule has 4 aliphatic heterocycles. The highest BCUT2D eigenvalue weighted by Gasteiger charge is 2.40. The molecule has 8 nitrogen and oxygen atoms in total. The van der Waals surface area contributed by atoms with E-state index in [2.05, 4.69) is 27.7 Å². The Labute approximate surface area is 206 Å². The van der Waals surface area contributed by atoms with E-state index in [4.69, 9.17) is 4.74 Å². The van der Waals surface area contributed by atoms with Crippen LogP contribution in [0.4, 0.5) is 0 Å². The molecule has 4 fully saturated rings. The van der Waals surface area contributed by atoms with Crippen molar-refractivity contribution in [2.45, 2.75) is 88.1 Å². The van der Waals surface area contributed by atoms with Gasteiger partial charge < -0.3 is 15.0 Å². The fourth-order valence-electron chi connectivity index (χ4n) is 6.68. The minimum absolute atomic E-state index is 0.0937. The quantitative estimate of drug-likeness (QED) is 0.626. The first-order valence-electron chi connectivity index (χ1n) is 13.4. The van der Waals surface area contributed by atoms with Crippen LogP contribution in [0.3, 0.4) is 0 Å². The highest BCUT2D eigenvalue weighted by Crippen LogP contribution is 2.38. The Hall–Kier alpha value is -2.29. The van der Waals surface area contributed by atoms with E-state index in [0.717, 1.165) is 44.6 Å². The normalized spacial score (nSPS) is 30.8. The smallest absolute Gasteiger partial charge is 0.255 e. The number of ether oxygens (including phenoxy) is 1. The van der Waals surface area contributed by atoms with Crippen molar-refractivity contribution >= 4 is 17.7 Å². The second-order valence-electron chi connectivity index (χ2n) is 11.0. The molecule has 1 unspecified atom stereocenters. The van der Waals surface area contributed by atoms with Crippen LogP contribution >= 0.6 is 0 Å². The van der Waals surface area contributed by atoms with Crippen molar-refractivity contribution in [1.82, 2.24) is 20.4 Å². The van der Waals surface area contributed by atoms with E-state index in [1.54, 1.807) is 4.90 Å². The lowest BCUT2D eigenvalue weighted by molar-refractivity contribution is -0.136. The van der Waals surface area contributed by atoms with Crippen LogP contribution in [0.1, 0.15) is 78.8 Å². The summed E-state index contributed by atoms with van der Waals surface area (Å²) in [5, 5.41) is 5.78. The Bertz CT molecular complexity index is 993. The molecule has 35 heavy (non-hydrogen) atoms. The third kappa shape index (κ3) is 4.63. The van der Waals surface area contributed by atoms with Gasteiger partial charge in [0.25, 0.3) is 5.91 Å². The van der Waals surface area contributed by atoms with E-state index in [9.17, 15) is 14.4 Å². The standard InChI is InChI=1S/C27H36N4O4/c32-25-8-7-24(26(33)29-25)31-14-19-13-18(3-6-23(19)27(31)34)17-1-4-20(5-2-17)30-15-22(16-30)35-21-9-11-28-12-10-21/h3,6,13,17,20-22,24,28H,1-2,4-5,7-12,14-16H2,(H,29,32,33)/t17-,20-,24?. The van der Waals surface area contributed by atoms with Crippen LogP contribution in [-0.2, 0) is 20.9 Å². The van der Waals surface area contributed by atoms with E-state index in [-0.39, 0.29) is 24.1 Å². The first-order valence-corrected chi connectivity index (χ1v) is 13.4. The molecule has 1 saturated carbocycles. The molecule has 4 heterocycles. The summed E-state index contributed by atoms with van der Waals surface area (Å²) in [5.74, 6) is -0.171. The summed E-state index contributed by atoms with van der Waals surface area (Å²) >= 11 is 0. The maximum atomic E-state index is 13.0. The Morgan fingerprint density at radius 2 is 1.66 bits per heavy atom. The number of carbonyl (C=O) groups is 3. The first kappa shape index (κ1) is 23.1. The number of nitrogens with one attached hydrogen (secondary N) is 2. The number of carbonyl (C=O) groups excluding carboxylic acids is 3. The molecule has 1 aliphatic carbocycles. The third-order valence-corrected chi connectivity index (χ3v) is 8.78. The topological polar surface area (TPSA) is 91.0 Å².